The second kappa shape index (κ2) is 7.75. The highest BCUT2D eigenvalue weighted by molar-refractivity contribution is 14.0. The van der Waals surface area contributed by atoms with Gasteiger partial charge >= 0.3 is 0 Å². The highest BCUT2D eigenvalue weighted by Gasteiger charge is 2.27. The van der Waals surface area contributed by atoms with E-state index in [0.29, 0.717) is 24.2 Å². The Morgan fingerprint density at radius 2 is 2.35 bits per heavy atom. The molecular formula is C14H22IN7O. The topological polar surface area (TPSA) is 84.4 Å². The summed E-state index contributed by atoms with van der Waals surface area (Å²) in [5.41, 5.74) is 1.29. The zero-order valence-corrected chi connectivity index (χ0v) is 15.9. The summed E-state index contributed by atoms with van der Waals surface area (Å²) < 4.78 is 6.96. The molecule has 1 fully saturated rings. The number of nitrogens with zero attached hydrogens (tertiary/aromatic N) is 6. The van der Waals surface area contributed by atoms with E-state index >= 15 is 0 Å². The third kappa shape index (κ3) is 4.21. The lowest BCUT2D eigenvalue weighted by molar-refractivity contribution is 0.368. The molecule has 3 heterocycles. The summed E-state index contributed by atoms with van der Waals surface area (Å²) in [6.45, 7) is 4.21. The quantitative estimate of drug-likeness (QED) is 0.448. The van der Waals surface area contributed by atoms with E-state index in [9.17, 15) is 0 Å². The number of likely N-dealkylation sites (tertiary alicyclic amines) is 1. The van der Waals surface area contributed by atoms with Crippen LogP contribution in [0.1, 0.15) is 29.6 Å². The lowest BCUT2D eigenvalue weighted by atomic mass is 10.0. The molecule has 1 unspecified atom stereocenters. The summed E-state index contributed by atoms with van der Waals surface area (Å²) in [7, 11) is 3.74. The Morgan fingerprint density at radius 3 is 2.96 bits per heavy atom. The molecule has 2 aromatic heterocycles. The molecule has 0 amide bonds. The molecule has 1 saturated heterocycles. The smallest absolute Gasteiger partial charge is 0.246 e. The van der Waals surface area contributed by atoms with Gasteiger partial charge in [-0.1, -0.05) is 5.16 Å². The molecule has 1 aliphatic rings. The molecular weight excluding hydrogens is 409 g/mol. The number of aryl methyl sites for hydroxylation is 2. The number of rotatable bonds is 3. The minimum Gasteiger partial charge on any atom is -0.347 e. The van der Waals surface area contributed by atoms with E-state index in [1.807, 2.05) is 17.9 Å². The summed E-state index contributed by atoms with van der Waals surface area (Å²) >= 11 is 0. The lowest BCUT2D eigenvalue weighted by Crippen LogP contribution is -2.39. The number of nitrogens with one attached hydrogen (secondary N) is 1. The molecule has 8 nitrogen and oxygen atoms in total. The predicted molar refractivity (Wildman–Crippen MR) is 96.8 cm³/mol. The third-order valence-corrected chi connectivity index (χ3v) is 3.86. The van der Waals surface area contributed by atoms with Gasteiger partial charge < -0.3 is 14.7 Å². The first-order valence-corrected chi connectivity index (χ1v) is 7.39. The van der Waals surface area contributed by atoms with Gasteiger partial charge in [-0.15, -0.1) is 24.0 Å². The molecule has 0 saturated carbocycles. The van der Waals surface area contributed by atoms with Gasteiger partial charge in [0.2, 0.25) is 5.89 Å². The van der Waals surface area contributed by atoms with E-state index in [1.165, 1.54) is 5.56 Å². The fraction of sp³-hybridized carbons (Fsp3) is 0.571. The summed E-state index contributed by atoms with van der Waals surface area (Å²) in [6, 6.07) is 0. The minimum atomic E-state index is 0. The van der Waals surface area contributed by atoms with Crippen LogP contribution in [0.3, 0.4) is 0 Å². The van der Waals surface area contributed by atoms with Gasteiger partial charge in [-0.2, -0.15) is 10.1 Å². The molecule has 1 atom stereocenters. The Bertz CT molecular complexity index is 666. The Kier molecular flexibility index (Phi) is 5.97. The summed E-state index contributed by atoms with van der Waals surface area (Å²) in [4.78, 5) is 10.8. The van der Waals surface area contributed by atoms with Crippen molar-refractivity contribution in [3.05, 3.63) is 29.7 Å². The van der Waals surface area contributed by atoms with Crippen molar-refractivity contribution >= 4 is 29.9 Å². The molecule has 1 N–H and O–H groups in total. The van der Waals surface area contributed by atoms with E-state index in [1.54, 1.807) is 14.0 Å². The van der Waals surface area contributed by atoms with Gasteiger partial charge in [-0.3, -0.25) is 9.67 Å². The molecule has 1 aliphatic heterocycles. The van der Waals surface area contributed by atoms with Gasteiger partial charge in [0.25, 0.3) is 0 Å². The summed E-state index contributed by atoms with van der Waals surface area (Å²) in [5.74, 6) is 2.58. The van der Waals surface area contributed by atoms with Crippen molar-refractivity contribution in [1.29, 1.82) is 0 Å². The third-order valence-electron chi connectivity index (χ3n) is 3.86. The van der Waals surface area contributed by atoms with Crippen molar-refractivity contribution < 1.29 is 4.52 Å². The second-order valence-corrected chi connectivity index (χ2v) is 5.52. The van der Waals surface area contributed by atoms with Crippen molar-refractivity contribution in [2.45, 2.75) is 25.8 Å². The molecule has 3 rings (SSSR count). The van der Waals surface area contributed by atoms with Crippen LogP contribution in [0.5, 0.6) is 0 Å². The molecule has 9 heteroatoms. The Balaban J connectivity index is 0.00000192. The maximum Gasteiger partial charge on any atom is 0.246 e. The van der Waals surface area contributed by atoms with E-state index in [0.717, 1.165) is 25.5 Å². The van der Waals surface area contributed by atoms with E-state index in [-0.39, 0.29) is 24.0 Å². The van der Waals surface area contributed by atoms with Crippen LogP contribution < -0.4 is 5.32 Å². The largest absolute Gasteiger partial charge is 0.347 e. The maximum atomic E-state index is 5.11. The van der Waals surface area contributed by atoms with Crippen molar-refractivity contribution in [3.8, 4) is 0 Å². The van der Waals surface area contributed by atoms with Crippen molar-refractivity contribution in [2.75, 3.05) is 20.1 Å². The minimum absolute atomic E-state index is 0. The monoisotopic (exact) mass is 431 g/mol. The van der Waals surface area contributed by atoms with Crippen molar-refractivity contribution in [1.82, 2.24) is 30.1 Å². The molecule has 0 aliphatic carbocycles. The molecule has 23 heavy (non-hydrogen) atoms. The Labute approximate surface area is 152 Å². The number of guanidine groups is 1. The van der Waals surface area contributed by atoms with E-state index in [2.05, 4.69) is 36.6 Å². The van der Waals surface area contributed by atoms with Gasteiger partial charge in [0, 0.05) is 39.3 Å². The van der Waals surface area contributed by atoms with E-state index in [4.69, 9.17) is 4.52 Å². The van der Waals surface area contributed by atoms with Crippen molar-refractivity contribution in [2.24, 2.45) is 12.0 Å². The second-order valence-electron chi connectivity index (χ2n) is 5.52. The number of hydrogen-bond donors (Lipinski definition) is 1. The zero-order chi connectivity index (χ0) is 15.5. The molecule has 0 bridgehead atoms. The average molecular weight is 431 g/mol. The van der Waals surface area contributed by atoms with Crippen LogP contribution in [-0.2, 0) is 13.6 Å². The number of aromatic nitrogens is 4. The standard InChI is InChI=1S/C14H21N7O.HI/c1-10-18-13(22-19-10)7-16-14(15-2)21-5-4-11(9-21)12-6-17-20(3)8-12;/h6,8,11H,4-5,7,9H2,1-3H3,(H,15,16);1H. The normalized spacial score (nSPS) is 18.1. The maximum absolute atomic E-state index is 5.11. The first-order chi connectivity index (χ1) is 10.7. The van der Waals surface area contributed by atoms with E-state index < -0.39 is 0 Å². The average Bonchev–Trinajstić information content (AvgIpc) is 3.21. The zero-order valence-electron chi connectivity index (χ0n) is 13.6. The fourth-order valence-corrected chi connectivity index (χ4v) is 2.77. The van der Waals surface area contributed by atoms with Crippen LogP contribution in [0, 0.1) is 6.92 Å². The summed E-state index contributed by atoms with van der Waals surface area (Å²) in [5, 5.41) is 11.3. The van der Waals surface area contributed by atoms with Gasteiger partial charge in [-0.25, -0.2) is 0 Å². The number of halogens is 1. The Hall–Kier alpha value is -1.65. The first-order valence-electron chi connectivity index (χ1n) is 7.39. The molecule has 0 spiro atoms. The van der Waals surface area contributed by atoms with Crippen LogP contribution in [0.4, 0.5) is 0 Å². The molecule has 2 aromatic rings. The number of aliphatic imine (C=N–C) groups is 1. The first kappa shape index (κ1) is 17.7. The predicted octanol–water partition coefficient (Wildman–Crippen LogP) is 1.29. The molecule has 0 radical (unpaired) electrons. The fourth-order valence-electron chi connectivity index (χ4n) is 2.77. The van der Waals surface area contributed by atoms with Crippen LogP contribution in [0.2, 0.25) is 0 Å². The summed E-state index contributed by atoms with van der Waals surface area (Å²) in [6.07, 6.45) is 5.14. The number of hydrogen-bond acceptors (Lipinski definition) is 5. The SMILES string of the molecule is CN=C(NCc1nc(C)no1)N1CCC(c2cnn(C)c2)C1.I. The molecule has 0 aromatic carbocycles. The van der Waals surface area contributed by atoms with Crippen LogP contribution >= 0.6 is 24.0 Å². The molecule has 126 valence electrons. The van der Waals surface area contributed by atoms with Crippen LogP contribution in [0.25, 0.3) is 0 Å². The Morgan fingerprint density at radius 1 is 1.52 bits per heavy atom. The van der Waals surface area contributed by atoms with Crippen LogP contribution in [-0.4, -0.2) is 50.9 Å². The lowest BCUT2D eigenvalue weighted by Gasteiger charge is -2.20. The van der Waals surface area contributed by atoms with Gasteiger partial charge in [0.1, 0.15) is 0 Å². The van der Waals surface area contributed by atoms with Crippen LogP contribution in [0.15, 0.2) is 21.9 Å². The van der Waals surface area contributed by atoms with Gasteiger partial charge in [0.05, 0.1) is 12.7 Å². The van der Waals surface area contributed by atoms with Crippen molar-refractivity contribution in [3.63, 3.8) is 0 Å². The highest BCUT2D eigenvalue weighted by atomic mass is 127. The highest BCUT2D eigenvalue weighted by Crippen LogP contribution is 2.26. The van der Waals surface area contributed by atoms with Gasteiger partial charge in [-0.05, 0) is 18.9 Å². The van der Waals surface area contributed by atoms with Gasteiger partial charge in [0.15, 0.2) is 11.8 Å².